The molecule has 1 heterocycles. The molecule has 0 saturated carbocycles. The standard InChI is InChI=1S/C14H16N2O/c17-14(11-13-7-4-9-15-13)16-10-8-12-5-2-1-3-6-12/h1-7,9,15H,8,10-11H2,(H,16,17). The number of aromatic nitrogens is 1. The molecular weight excluding hydrogens is 212 g/mol. The first-order valence-corrected chi connectivity index (χ1v) is 5.77. The van der Waals surface area contributed by atoms with Gasteiger partial charge in [0.1, 0.15) is 0 Å². The van der Waals surface area contributed by atoms with Gasteiger partial charge in [0, 0.05) is 18.4 Å². The molecule has 0 spiro atoms. The number of carbonyl (C=O) groups excluding carboxylic acids is 1. The molecule has 88 valence electrons. The van der Waals surface area contributed by atoms with Gasteiger partial charge in [-0.15, -0.1) is 0 Å². The minimum Gasteiger partial charge on any atom is -0.365 e. The van der Waals surface area contributed by atoms with E-state index in [1.165, 1.54) is 5.56 Å². The lowest BCUT2D eigenvalue weighted by molar-refractivity contribution is -0.120. The topological polar surface area (TPSA) is 44.9 Å². The number of benzene rings is 1. The summed E-state index contributed by atoms with van der Waals surface area (Å²) in [4.78, 5) is 14.6. The Bertz CT molecular complexity index is 448. The summed E-state index contributed by atoms with van der Waals surface area (Å²) < 4.78 is 0. The van der Waals surface area contributed by atoms with Crippen LogP contribution in [0.3, 0.4) is 0 Å². The maximum absolute atomic E-state index is 11.6. The summed E-state index contributed by atoms with van der Waals surface area (Å²) in [5, 5.41) is 2.91. The van der Waals surface area contributed by atoms with Crippen LogP contribution in [0.25, 0.3) is 0 Å². The molecule has 0 radical (unpaired) electrons. The van der Waals surface area contributed by atoms with Crippen molar-refractivity contribution in [2.24, 2.45) is 0 Å². The zero-order valence-electron chi connectivity index (χ0n) is 9.65. The fourth-order valence-corrected chi connectivity index (χ4v) is 1.70. The molecule has 0 bridgehead atoms. The lowest BCUT2D eigenvalue weighted by Crippen LogP contribution is -2.27. The second kappa shape index (κ2) is 5.89. The third kappa shape index (κ3) is 3.79. The van der Waals surface area contributed by atoms with E-state index in [4.69, 9.17) is 0 Å². The number of rotatable bonds is 5. The number of amides is 1. The Kier molecular flexibility index (Phi) is 3.97. The number of hydrogen-bond donors (Lipinski definition) is 2. The molecule has 2 aromatic rings. The van der Waals surface area contributed by atoms with Crippen molar-refractivity contribution in [2.75, 3.05) is 6.54 Å². The first-order valence-electron chi connectivity index (χ1n) is 5.77. The minimum absolute atomic E-state index is 0.0587. The number of nitrogens with one attached hydrogen (secondary N) is 2. The number of H-pyrrole nitrogens is 1. The van der Waals surface area contributed by atoms with Crippen molar-refractivity contribution < 1.29 is 4.79 Å². The molecule has 1 aromatic carbocycles. The smallest absolute Gasteiger partial charge is 0.225 e. The molecule has 2 N–H and O–H groups in total. The van der Waals surface area contributed by atoms with Gasteiger partial charge in [-0.3, -0.25) is 4.79 Å². The predicted molar refractivity (Wildman–Crippen MR) is 67.7 cm³/mol. The van der Waals surface area contributed by atoms with Crippen LogP contribution in [-0.2, 0) is 17.6 Å². The van der Waals surface area contributed by atoms with Crippen molar-refractivity contribution in [3.63, 3.8) is 0 Å². The molecule has 0 unspecified atom stereocenters. The van der Waals surface area contributed by atoms with Crippen molar-refractivity contribution in [2.45, 2.75) is 12.8 Å². The van der Waals surface area contributed by atoms with Crippen LogP contribution in [-0.4, -0.2) is 17.4 Å². The Balaban J connectivity index is 1.70. The number of carbonyl (C=O) groups is 1. The average Bonchev–Trinajstić information content (AvgIpc) is 2.83. The highest BCUT2D eigenvalue weighted by atomic mass is 16.1. The summed E-state index contributed by atoms with van der Waals surface area (Å²) in [6.45, 7) is 0.684. The van der Waals surface area contributed by atoms with Gasteiger partial charge in [-0.25, -0.2) is 0 Å². The Morgan fingerprint density at radius 2 is 1.94 bits per heavy atom. The zero-order valence-corrected chi connectivity index (χ0v) is 9.65. The van der Waals surface area contributed by atoms with Crippen LogP contribution in [0.2, 0.25) is 0 Å². The van der Waals surface area contributed by atoms with E-state index < -0.39 is 0 Å². The van der Waals surface area contributed by atoms with Crippen LogP contribution in [0.4, 0.5) is 0 Å². The summed E-state index contributed by atoms with van der Waals surface area (Å²) in [6, 6.07) is 14.0. The third-order valence-electron chi connectivity index (χ3n) is 2.59. The van der Waals surface area contributed by atoms with E-state index in [9.17, 15) is 4.79 Å². The van der Waals surface area contributed by atoms with E-state index in [0.717, 1.165) is 12.1 Å². The zero-order chi connectivity index (χ0) is 11.9. The molecule has 0 saturated heterocycles. The average molecular weight is 228 g/mol. The van der Waals surface area contributed by atoms with E-state index in [0.29, 0.717) is 13.0 Å². The highest BCUT2D eigenvalue weighted by Gasteiger charge is 2.02. The number of aromatic amines is 1. The SMILES string of the molecule is O=C(Cc1ccc[nH]1)NCCc1ccccc1. The van der Waals surface area contributed by atoms with E-state index in [2.05, 4.69) is 22.4 Å². The van der Waals surface area contributed by atoms with Crippen molar-refractivity contribution in [1.82, 2.24) is 10.3 Å². The maximum Gasteiger partial charge on any atom is 0.225 e. The van der Waals surface area contributed by atoms with Gasteiger partial charge in [0.05, 0.1) is 6.42 Å². The normalized spacial score (nSPS) is 10.1. The second-order valence-corrected chi connectivity index (χ2v) is 3.96. The summed E-state index contributed by atoms with van der Waals surface area (Å²) in [5.41, 5.74) is 2.19. The Hall–Kier alpha value is -2.03. The Labute approximate surface area is 101 Å². The Morgan fingerprint density at radius 3 is 2.65 bits per heavy atom. The maximum atomic E-state index is 11.6. The van der Waals surface area contributed by atoms with E-state index in [-0.39, 0.29) is 5.91 Å². The van der Waals surface area contributed by atoms with Crippen LogP contribution < -0.4 is 5.32 Å². The largest absolute Gasteiger partial charge is 0.365 e. The van der Waals surface area contributed by atoms with Crippen molar-refractivity contribution in [3.05, 3.63) is 59.9 Å². The minimum atomic E-state index is 0.0587. The summed E-state index contributed by atoms with van der Waals surface area (Å²) in [6.07, 6.45) is 3.12. The highest BCUT2D eigenvalue weighted by molar-refractivity contribution is 5.78. The number of hydrogen-bond acceptors (Lipinski definition) is 1. The monoisotopic (exact) mass is 228 g/mol. The molecule has 1 aromatic heterocycles. The van der Waals surface area contributed by atoms with Gasteiger partial charge < -0.3 is 10.3 Å². The predicted octanol–water partition coefficient (Wildman–Crippen LogP) is 1.92. The van der Waals surface area contributed by atoms with Crippen molar-refractivity contribution in [1.29, 1.82) is 0 Å². The molecule has 3 nitrogen and oxygen atoms in total. The molecule has 0 aliphatic rings. The molecule has 0 atom stereocenters. The molecular formula is C14H16N2O. The van der Waals surface area contributed by atoms with Crippen LogP contribution in [0.1, 0.15) is 11.3 Å². The van der Waals surface area contributed by atoms with Crippen molar-refractivity contribution >= 4 is 5.91 Å². The first kappa shape index (κ1) is 11.5. The lowest BCUT2D eigenvalue weighted by Gasteiger charge is -2.04. The van der Waals surface area contributed by atoms with Crippen molar-refractivity contribution in [3.8, 4) is 0 Å². The fraction of sp³-hybridized carbons (Fsp3) is 0.214. The fourth-order valence-electron chi connectivity index (χ4n) is 1.70. The van der Waals surface area contributed by atoms with Gasteiger partial charge in [-0.2, -0.15) is 0 Å². The second-order valence-electron chi connectivity index (χ2n) is 3.96. The van der Waals surface area contributed by atoms with Crippen LogP contribution in [0.5, 0.6) is 0 Å². The van der Waals surface area contributed by atoms with E-state index >= 15 is 0 Å². The molecule has 2 rings (SSSR count). The summed E-state index contributed by atoms with van der Waals surface area (Å²) in [5.74, 6) is 0.0587. The molecule has 3 heteroatoms. The Morgan fingerprint density at radius 1 is 1.12 bits per heavy atom. The van der Waals surface area contributed by atoms with Crippen LogP contribution >= 0.6 is 0 Å². The third-order valence-corrected chi connectivity index (χ3v) is 2.59. The van der Waals surface area contributed by atoms with E-state index in [1.807, 2.05) is 36.5 Å². The molecule has 0 aliphatic carbocycles. The van der Waals surface area contributed by atoms with Gasteiger partial charge in [-0.1, -0.05) is 30.3 Å². The van der Waals surface area contributed by atoms with Gasteiger partial charge in [0.25, 0.3) is 0 Å². The van der Waals surface area contributed by atoms with Gasteiger partial charge in [-0.05, 0) is 24.1 Å². The van der Waals surface area contributed by atoms with Gasteiger partial charge >= 0.3 is 0 Å². The first-order chi connectivity index (χ1) is 8.34. The molecule has 0 fully saturated rings. The molecule has 17 heavy (non-hydrogen) atoms. The highest BCUT2D eigenvalue weighted by Crippen LogP contribution is 1.99. The summed E-state index contributed by atoms with van der Waals surface area (Å²) in [7, 11) is 0. The van der Waals surface area contributed by atoms with E-state index in [1.54, 1.807) is 0 Å². The van der Waals surface area contributed by atoms with Gasteiger partial charge in [0.15, 0.2) is 0 Å². The molecule has 0 aliphatic heterocycles. The summed E-state index contributed by atoms with van der Waals surface area (Å²) >= 11 is 0. The van der Waals surface area contributed by atoms with Crippen LogP contribution in [0, 0.1) is 0 Å². The van der Waals surface area contributed by atoms with Crippen LogP contribution in [0.15, 0.2) is 48.7 Å². The molecule has 1 amide bonds. The quantitative estimate of drug-likeness (QED) is 0.806. The van der Waals surface area contributed by atoms with Gasteiger partial charge in [0.2, 0.25) is 5.91 Å². The lowest BCUT2D eigenvalue weighted by atomic mass is 10.1.